The van der Waals surface area contributed by atoms with Gasteiger partial charge in [-0.05, 0) is 44.9 Å². The molecular formula is C15H19FN2OS. The summed E-state index contributed by atoms with van der Waals surface area (Å²) in [7, 11) is 0. The van der Waals surface area contributed by atoms with Gasteiger partial charge in [-0.1, -0.05) is 6.07 Å². The van der Waals surface area contributed by atoms with Gasteiger partial charge < -0.3 is 10.5 Å². The molecule has 2 N–H and O–H groups in total. The molecule has 0 spiro atoms. The van der Waals surface area contributed by atoms with Crippen molar-refractivity contribution in [3.05, 3.63) is 45.2 Å². The van der Waals surface area contributed by atoms with E-state index < -0.39 is 0 Å². The summed E-state index contributed by atoms with van der Waals surface area (Å²) in [6, 6.07) is 5.00. The quantitative estimate of drug-likeness (QED) is 0.919. The zero-order valence-electron chi connectivity index (χ0n) is 11.9. The molecule has 0 saturated carbocycles. The molecule has 1 unspecified atom stereocenters. The third kappa shape index (κ3) is 3.77. The average molecular weight is 294 g/mol. The molecule has 1 atom stereocenters. The number of rotatable bonds is 5. The Hall–Kier alpha value is -1.46. The summed E-state index contributed by atoms with van der Waals surface area (Å²) >= 11 is 1.58. The van der Waals surface area contributed by atoms with Gasteiger partial charge in [0.15, 0.2) is 11.6 Å². The second-order valence-corrected chi connectivity index (χ2v) is 6.27. The Labute approximate surface area is 122 Å². The lowest BCUT2D eigenvalue weighted by Crippen LogP contribution is -2.17. The maximum absolute atomic E-state index is 13.9. The molecule has 0 aliphatic carbocycles. The van der Waals surface area contributed by atoms with E-state index in [9.17, 15) is 4.39 Å². The van der Waals surface area contributed by atoms with Gasteiger partial charge in [0, 0.05) is 10.9 Å². The molecule has 20 heavy (non-hydrogen) atoms. The number of hydrogen-bond acceptors (Lipinski definition) is 4. The second kappa shape index (κ2) is 6.33. The number of aromatic nitrogens is 1. The van der Waals surface area contributed by atoms with Crippen molar-refractivity contribution in [2.75, 3.05) is 0 Å². The summed E-state index contributed by atoms with van der Waals surface area (Å²) in [5.41, 5.74) is 7.58. The van der Waals surface area contributed by atoms with Crippen LogP contribution in [0.3, 0.4) is 0 Å². The molecule has 1 aromatic heterocycles. The Kier molecular flexibility index (Phi) is 4.73. The highest BCUT2D eigenvalue weighted by Crippen LogP contribution is 2.22. The number of hydrogen-bond donors (Lipinski definition) is 1. The maximum Gasteiger partial charge on any atom is 0.165 e. The largest absolute Gasteiger partial charge is 0.483 e. The van der Waals surface area contributed by atoms with Crippen LogP contribution in [0.5, 0.6) is 5.75 Å². The zero-order valence-corrected chi connectivity index (χ0v) is 12.8. The molecule has 0 aliphatic heterocycles. The molecule has 108 valence electrons. The molecule has 0 saturated heterocycles. The third-order valence-electron chi connectivity index (χ3n) is 2.98. The summed E-state index contributed by atoms with van der Waals surface area (Å²) in [4.78, 5) is 5.53. The van der Waals surface area contributed by atoms with Gasteiger partial charge in [-0.15, -0.1) is 11.3 Å². The predicted molar refractivity (Wildman–Crippen MR) is 79.7 cm³/mol. The fourth-order valence-corrected chi connectivity index (χ4v) is 2.75. The molecule has 0 fully saturated rings. The first-order chi connectivity index (χ1) is 9.45. The van der Waals surface area contributed by atoms with Crippen LogP contribution in [0.2, 0.25) is 0 Å². The Morgan fingerprint density at radius 3 is 2.70 bits per heavy atom. The average Bonchev–Trinajstić information content (AvgIpc) is 2.67. The predicted octanol–water partition coefficient (Wildman–Crippen LogP) is 3.37. The van der Waals surface area contributed by atoms with Crippen LogP contribution in [0.25, 0.3) is 0 Å². The van der Waals surface area contributed by atoms with E-state index in [1.54, 1.807) is 17.4 Å². The van der Waals surface area contributed by atoms with Gasteiger partial charge in [0.1, 0.15) is 11.6 Å². The highest BCUT2D eigenvalue weighted by molar-refractivity contribution is 7.11. The monoisotopic (exact) mass is 294 g/mol. The second-order valence-electron chi connectivity index (χ2n) is 4.98. The van der Waals surface area contributed by atoms with Crippen molar-refractivity contribution in [2.24, 2.45) is 5.73 Å². The van der Waals surface area contributed by atoms with Crippen LogP contribution in [-0.4, -0.2) is 11.0 Å². The molecule has 0 amide bonds. The van der Waals surface area contributed by atoms with Gasteiger partial charge >= 0.3 is 0 Å². The topological polar surface area (TPSA) is 48.1 Å². The van der Waals surface area contributed by atoms with E-state index >= 15 is 0 Å². The molecule has 2 rings (SSSR count). The maximum atomic E-state index is 13.9. The summed E-state index contributed by atoms with van der Waals surface area (Å²) in [5.74, 6) is -0.0999. The first kappa shape index (κ1) is 14.9. The minimum Gasteiger partial charge on any atom is -0.483 e. The molecule has 0 aliphatic rings. The molecule has 5 heteroatoms. The van der Waals surface area contributed by atoms with Crippen LogP contribution < -0.4 is 10.5 Å². The molecular weight excluding hydrogens is 275 g/mol. The van der Waals surface area contributed by atoms with Crippen LogP contribution in [0.1, 0.15) is 28.1 Å². The van der Waals surface area contributed by atoms with Gasteiger partial charge in [0.2, 0.25) is 0 Å². The highest BCUT2D eigenvalue weighted by atomic mass is 32.1. The summed E-state index contributed by atoms with van der Waals surface area (Å²) in [6.45, 7) is 6.16. The Bertz CT molecular complexity index is 576. The van der Waals surface area contributed by atoms with E-state index in [0.717, 1.165) is 21.1 Å². The molecule has 1 aromatic carbocycles. The van der Waals surface area contributed by atoms with Crippen molar-refractivity contribution >= 4 is 11.3 Å². The summed E-state index contributed by atoms with van der Waals surface area (Å²) in [6.07, 6.45) is 0.655. The Balaban J connectivity index is 2.02. The van der Waals surface area contributed by atoms with E-state index in [2.05, 4.69) is 4.98 Å². The SMILES string of the molecule is Cc1nc(COc2ccc(CC(C)N)cc2F)sc1C. The fourth-order valence-electron chi connectivity index (χ4n) is 1.90. The first-order valence-corrected chi connectivity index (χ1v) is 7.37. The standard InChI is InChI=1S/C15H19FN2OS/c1-9(17)6-12-4-5-14(13(16)7-12)19-8-15-18-10(2)11(3)20-15/h4-5,7,9H,6,8,17H2,1-3H3. The number of ether oxygens (including phenoxy) is 1. The lowest BCUT2D eigenvalue weighted by Gasteiger charge is -2.09. The number of aryl methyl sites for hydroxylation is 2. The molecule has 0 radical (unpaired) electrons. The van der Waals surface area contributed by atoms with Gasteiger partial charge in [-0.2, -0.15) is 0 Å². The van der Waals surface area contributed by atoms with E-state index in [4.69, 9.17) is 10.5 Å². The van der Waals surface area contributed by atoms with Crippen LogP contribution in [0, 0.1) is 19.7 Å². The highest BCUT2D eigenvalue weighted by Gasteiger charge is 2.09. The van der Waals surface area contributed by atoms with E-state index in [0.29, 0.717) is 13.0 Å². The summed E-state index contributed by atoms with van der Waals surface area (Å²) in [5, 5.41) is 0.860. The number of halogens is 1. The smallest absolute Gasteiger partial charge is 0.165 e. The number of nitrogens with zero attached hydrogens (tertiary/aromatic N) is 1. The molecule has 0 bridgehead atoms. The van der Waals surface area contributed by atoms with E-state index in [1.165, 1.54) is 6.07 Å². The van der Waals surface area contributed by atoms with Crippen LogP contribution in [0.4, 0.5) is 4.39 Å². The third-order valence-corrected chi connectivity index (χ3v) is 4.02. The van der Waals surface area contributed by atoms with E-state index in [1.807, 2.05) is 26.8 Å². The normalized spacial score (nSPS) is 12.4. The first-order valence-electron chi connectivity index (χ1n) is 6.55. The number of benzene rings is 1. The van der Waals surface area contributed by atoms with Gasteiger partial charge in [0.25, 0.3) is 0 Å². The number of thiazole rings is 1. The van der Waals surface area contributed by atoms with Crippen LogP contribution in [0.15, 0.2) is 18.2 Å². The van der Waals surface area contributed by atoms with Gasteiger partial charge in [-0.3, -0.25) is 0 Å². The summed E-state index contributed by atoms with van der Waals surface area (Å²) < 4.78 is 19.4. The molecule has 3 nitrogen and oxygen atoms in total. The zero-order chi connectivity index (χ0) is 14.7. The van der Waals surface area contributed by atoms with Gasteiger partial charge in [0.05, 0.1) is 5.69 Å². The van der Waals surface area contributed by atoms with Crippen molar-refractivity contribution in [1.82, 2.24) is 4.98 Å². The van der Waals surface area contributed by atoms with Crippen molar-refractivity contribution < 1.29 is 9.13 Å². The number of nitrogens with two attached hydrogens (primary N) is 1. The van der Waals surface area contributed by atoms with Gasteiger partial charge in [-0.25, -0.2) is 9.37 Å². The Morgan fingerprint density at radius 1 is 1.40 bits per heavy atom. The fraction of sp³-hybridized carbons (Fsp3) is 0.400. The molecule has 2 aromatic rings. The van der Waals surface area contributed by atoms with Crippen molar-refractivity contribution in [1.29, 1.82) is 0 Å². The van der Waals surface area contributed by atoms with E-state index in [-0.39, 0.29) is 17.6 Å². The minimum absolute atomic E-state index is 0.0161. The lowest BCUT2D eigenvalue weighted by molar-refractivity contribution is 0.289. The Morgan fingerprint density at radius 2 is 2.15 bits per heavy atom. The minimum atomic E-state index is -0.354. The van der Waals surface area contributed by atoms with Crippen molar-refractivity contribution in [2.45, 2.75) is 39.8 Å². The van der Waals surface area contributed by atoms with Crippen molar-refractivity contribution in [3.63, 3.8) is 0 Å². The van der Waals surface area contributed by atoms with Crippen molar-refractivity contribution in [3.8, 4) is 5.75 Å². The lowest BCUT2D eigenvalue weighted by atomic mass is 10.1. The van der Waals surface area contributed by atoms with Crippen LogP contribution >= 0.6 is 11.3 Å². The molecule has 1 heterocycles. The van der Waals surface area contributed by atoms with Crippen LogP contribution in [-0.2, 0) is 13.0 Å².